The number of benzene rings is 1. The first-order valence-corrected chi connectivity index (χ1v) is 8.27. The lowest BCUT2D eigenvalue weighted by Gasteiger charge is -2.18. The number of nitrogens with one attached hydrogen (secondary N) is 1. The summed E-state index contributed by atoms with van der Waals surface area (Å²) in [6.07, 6.45) is 1.09. The van der Waals surface area contributed by atoms with E-state index < -0.39 is 0 Å². The van der Waals surface area contributed by atoms with Gasteiger partial charge in [0.25, 0.3) is 5.91 Å². The maximum atomic E-state index is 12.1. The number of rotatable bonds is 4. The zero-order valence-electron chi connectivity index (χ0n) is 12.5. The smallest absolute Gasteiger partial charge is 0.287 e. The number of anilines is 1. The Morgan fingerprint density at radius 3 is 2.86 bits per heavy atom. The maximum Gasteiger partial charge on any atom is 0.287 e. The minimum atomic E-state index is -0.138. The van der Waals surface area contributed by atoms with Gasteiger partial charge in [0.1, 0.15) is 0 Å². The topological polar surface area (TPSA) is 45.5 Å². The predicted molar refractivity (Wildman–Crippen MR) is 90.2 cm³/mol. The van der Waals surface area contributed by atoms with Crippen molar-refractivity contribution in [2.75, 3.05) is 24.5 Å². The van der Waals surface area contributed by atoms with E-state index in [0.717, 1.165) is 25.1 Å². The minimum absolute atomic E-state index is 0.138. The standard InChI is InChI=1S/C17H19BrN2O2/c1-12-9-15(18)22-16(12)17(21)19-10-13-7-8-20(11-13)14-5-3-2-4-6-14/h2-6,9,13H,7-8,10-11H2,1H3,(H,19,21)/t13-/m0/s1. The Kier molecular flexibility index (Phi) is 4.52. The first-order valence-electron chi connectivity index (χ1n) is 7.47. The van der Waals surface area contributed by atoms with E-state index in [1.54, 1.807) is 0 Å². The van der Waals surface area contributed by atoms with Gasteiger partial charge in [-0.1, -0.05) is 18.2 Å². The molecule has 2 aromatic rings. The molecule has 1 aromatic carbocycles. The second kappa shape index (κ2) is 6.57. The van der Waals surface area contributed by atoms with Crippen LogP contribution in [-0.4, -0.2) is 25.5 Å². The third-order valence-electron chi connectivity index (χ3n) is 4.05. The quantitative estimate of drug-likeness (QED) is 0.903. The summed E-state index contributed by atoms with van der Waals surface area (Å²) in [7, 11) is 0. The number of amides is 1. The number of furan rings is 1. The molecule has 0 bridgehead atoms. The number of hydrogen-bond acceptors (Lipinski definition) is 3. The third-order valence-corrected chi connectivity index (χ3v) is 4.44. The lowest BCUT2D eigenvalue weighted by Crippen LogP contribution is -2.31. The fraction of sp³-hybridized carbons (Fsp3) is 0.353. The van der Waals surface area contributed by atoms with Crippen molar-refractivity contribution in [1.82, 2.24) is 5.32 Å². The summed E-state index contributed by atoms with van der Waals surface area (Å²) in [5, 5.41) is 2.99. The molecule has 5 heteroatoms. The summed E-state index contributed by atoms with van der Waals surface area (Å²) in [6, 6.07) is 12.2. The van der Waals surface area contributed by atoms with Crippen LogP contribution in [0.3, 0.4) is 0 Å². The number of nitrogens with zero attached hydrogens (tertiary/aromatic N) is 1. The molecule has 1 amide bonds. The highest BCUT2D eigenvalue weighted by Gasteiger charge is 2.24. The van der Waals surface area contributed by atoms with Crippen LogP contribution in [0.1, 0.15) is 22.5 Å². The maximum absolute atomic E-state index is 12.1. The number of aryl methyl sites for hydroxylation is 1. The van der Waals surface area contributed by atoms with Crippen molar-refractivity contribution in [3.8, 4) is 0 Å². The fourth-order valence-electron chi connectivity index (χ4n) is 2.86. The Morgan fingerprint density at radius 1 is 1.41 bits per heavy atom. The van der Waals surface area contributed by atoms with E-state index in [9.17, 15) is 4.79 Å². The van der Waals surface area contributed by atoms with Crippen LogP contribution in [0, 0.1) is 12.8 Å². The number of carbonyl (C=O) groups excluding carboxylic acids is 1. The van der Waals surface area contributed by atoms with Crippen molar-refractivity contribution in [1.29, 1.82) is 0 Å². The summed E-state index contributed by atoms with van der Waals surface area (Å²) in [6.45, 7) is 4.57. The average molecular weight is 363 g/mol. The molecule has 1 aliphatic heterocycles. The van der Waals surface area contributed by atoms with Gasteiger partial charge >= 0.3 is 0 Å². The molecule has 116 valence electrons. The van der Waals surface area contributed by atoms with Gasteiger partial charge in [-0.25, -0.2) is 0 Å². The highest BCUT2D eigenvalue weighted by molar-refractivity contribution is 9.10. The van der Waals surface area contributed by atoms with Crippen LogP contribution in [0.4, 0.5) is 5.69 Å². The van der Waals surface area contributed by atoms with Gasteiger partial charge < -0.3 is 14.6 Å². The highest BCUT2D eigenvalue weighted by Crippen LogP contribution is 2.23. The molecule has 4 nitrogen and oxygen atoms in total. The molecule has 1 N–H and O–H groups in total. The molecular formula is C17H19BrN2O2. The molecule has 1 aromatic heterocycles. The first-order chi connectivity index (χ1) is 10.6. The van der Waals surface area contributed by atoms with Gasteiger partial charge in [0, 0.05) is 30.9 Å². The fourth-order valence-corrected chi connectivity index (χ4v) is 3.36. The van der Waals surface area contributed by atoms with Crippen molar-refractivity contribution in [2.45, 2.75) is 13.3 Å². The van der Waals surface area contributed by atoms with Crippen LogP contribution < -0.4 is 10.2 Å². The van der Waals surface area contributed by atoms with Gasteiger partial charge in [-0.05, 0) is 53.4 Å². The third kappa shape index (κ3) is 3.35. The van der Waals surface area contributed by atoms with E-state index in [1.807, 2.05) is 19.1 Å². The number of carbonyl (C=O) groups is 1. The van der Waals surface area contributed by atoms with Crippen LogP contribution in [-0.2, 0) is 0 Å². The Labute approximate surface area is 138 Å². The summed E-state index contributed by atoms with van der Waals surface area (Å²) in [5.74, 6) is 0.731. The zero-order valence-corrected chi connectivity index (χ0v) is 14.1. The van der Waals surface area contributed by atoms with Crippen LogP contribution in [0.5, 0.6) is 0 Å². The minimum Gasteiger partial charge on any atom is -0.444 e. The molecule has 1 saturated heterocycles. The van der Waals surface area contributed by atoms with Gasteiger partial charge in [0.05, 0.1) is 0 Å². The molecule has 2 heterocycles. The van der Waals surface area contributed by atoms with Gasteiger partial charge in [-0.15, -0.1) is 0 Å². The summed E-state index contributed by atoms with van der Waals surface area (Å²) >= 11 is 3.25. The summed E-state index contributed by atoms with van der Waals surface area (Å²) in [4.78, 5) is 14.5. The lowest BCUT2D eigenvalue weighted by molar-refractivity contribution is 0.0918. The summed E-state index contributed by atoms with van der Waals surface area (Å²) < 4.78 is 5.97. The second-order valence-electron chi connectivity index (χ2n) is 5.71. The van der Waals surface area contributed by atoms with Crippen molar-refractivity contribution < 1.29 is 9.21 Å². The molecule has 1 fully saturated rings. The molecule has 0 aliphatic carbocycles. The van der Waals surface area contributed by atoms with Gasteiger partial charge in [-0.2, -0.15) is 0 Å². The average Bonchev–Trinajstić information content (AvgIpc) is 3.12. The Morgan fingerprint density at radius 2 is 2.18 bits per heavy atom. The normalized spacial score (nSPS) is 17.7. The SMILES string of the molecule is Cc1cc(Br)oc1C(=O)NC[C@@H]1CCN(c2ccccc2)C1. The van der Waals surface area contributed by atoms with E-state index in [0.29, 0.717) is 22.9 Å². The predicted octanol–water partition coefficient (Wildman–Crippen LogP) is 3.61. The number of halogens is 1. The van der Waals surface area contributed by atoms with E-state index in [4.69, 9.17) is 4.42 Å². The van der Waals surface area contributed by atoms with Crippen LogP contribution >= 0.6 is 15.9 Å². The summed E-state index contributed by atoms with van der Waals surface area (Å²) in [5.41, 5.74) is 2.10. The van der Waals surface area contributed by atoms with Crippen molar-refractivity contribution in [3.63, 3.8) is 0 Å². The zero-order chi connectivity index (χ0) is 15.5. The molecule has 1 aliphatic rings. The number of hydrogen-bond donors (Lipinski definition) is 1. The Balaban J connectivity index is 1.53. The molecule has 0 spiro atoms. The van der Waals surface area contributed by atoms with Gasteiger partial charge in [0.2, 0.25) is 0 Å². The molecule has 1 atom stereocenters. The van der Waals surface area contributed by atoms with Crippen LogP contribution in [0.2, 0.25) is 0 Å². The second-order valence-corrected chi connectivity index (χ2v) is 6.49. The highest BCUT2D eigenvalue weighted by atomic mass is 79.9. The van der Waals surface area contributed by atoms with Crippen molar-refractivity contribution in [3.05, 3.63) is 52.4 Å². The monoisotopic (exact) mass is 362 g/mol. The number of para-hydroxylation sites is 1. The van der Waals surface area contributed by atoms with Crippen LogP contribution in [0.25, 0.3) is 0 Å². The van der Waals surface area contributed by atoms with Crippen molar-refractivity contribution in [2.24, 2.45) is 5.92 Å². The van der Waals surface area contributed by atoms with Crippen LogP contribution in [0.15, 0.2) is 45.5 Å². The molecule has 0 radical (unpaired) electrons. The lowest BCUT2D eigenvalue weighted by atomic mass is 10.1. The van der Waals surface area contributed by atoms with E-state index in [1.165, 1.54) is 5.69 Å². The first kappa shape index (κ1) is 15.2. The molecule has 22 heavy (non-hydrogen) atoms. The molecule has 0 unspecified atom stereocenters. The van der Waals surface area contributed by atoms with Gasteiger partial charge in [0.15, 0.2) is 10.4 Å². The molecule has 0 saturated carbocycles. The van der Waals surface area contributed by atoms with Gasteiger partial charge in [-0.3, -0.25) is 4.79 Å². The van der Waals surface area contributed by atoms with E-state index >= 15 is 0 Å². The Bertz CT molecular complexity index is 654. The van der Waals surface area contributed by atoms with E-state index in [-0.39, 0.29) is 5.91 Å². The van der Waals surface area contributed by atoms with Crippen molar-refractivity contribution >= 4 is 27.5 Å². The van der Waals surface area contributed by atoms with E-state index in [2.05, 4.69) is 50.4 Å². The molecular weight excluding hydrogens is 344 g/mol. The largest absolute Gasteiger partial charge is 0.444 e. The molecule has 3 rings (SSSR count). The Hall–Kier alpha value is -1.75.